The van der Waals surface area contributed by atoms with Crippen molar-refractivity contribution in [2.45, 2.75) is 0 Å². The number of nitro benzene ring substituents is 2. The molecule has 9 nitrogen and oxygen atoms in total. The molecule has 27 heavy (non-hydrogen) atoms. The molecule has 0 unspecified atom stereocenters. The van der Waals surface area contributed by atoms with Gasteiger partial charge in [-0.1, -0.05) is 30.3 Å². The van der Waals surface area contributed by atoms with Crippen LogP contribution in [0.25, 0.3) is 5.57 Å². The molecule has 1 N–H and O–H groups in total. The minimum atomic E-state index is -0.704. The van der Waals surface area contributed by atoms with E-state index in [-0.39, 0.29) is 11.4 Å². The van der Waals surface area contributed by atoms with Crippen LogP contribution in [0, 0.1) is 20.2 Å². The van der Waals surface area contributed by atoms with Crippen molar-refractivity contribution in [3.63, 3.8) is 0 Å². The minimum absolute atomic E-state index is 0.0215. The van der Waals surface area contributed by atoms with Gasteiger partial charge in [0.2, 0.25) is 0 Å². The molecule has 0 aliphatic carbocycles. The molecule has 0 bridgehead atoms. The number of nitrogens with zero attached hydrogens (tertiary/aromatic N) is 3. The van der Waals surface area contributed by atoms with Crippen LogP contribution in [0.1, 0.15) is 5.56 Å². The van der Waals surface area contributed by atoms with Crippen molar-refractivity contribution < 1.29 is 14.7 Å². The Morgan fingerprint density at radius 1 is 1.11 bits per heavy atom. The number of benzene rings is 2. The second-order valence-electron chi connectivity index (χ2n) is 5.11. The number of aliphatic imine (C=N–C) groups is 1. The molecule has 0 aromatic heterocycles. The zero-order valence-corrected chi connectivity index (χ0v) is 14.3. The third kappa shape index (κ3) is 5.58. The second-order valence-corrected chi connectivity index (χ2v) is 5.11. The van der Waals surface area contributed by atoms with E-state index in [1.54, 1.807) is 18.4 Å². The lowest BCUT2D eigenvalue weighted by Crippen LogP contribution is -2.00. The van der Waals surface area contributed by atoms with Gasteiger partial charge >= 0.3 is 5.69 Å². The number of hydrogen-bond acceptors (Lipinski definition) is 7. The molecule has 9 heteroatoms. The lowest BCUT2D eigenvalue weighted by atomic mass is 10.1. The van der Waals surface area contributed by atoms with Crippen LogP contribution in [0.2, 0.25) is 0 Å². The summed E-state index contributed by atoms with van der Waals surface area (Å²) in [5, 5.41) is 21.9. The van der Waals surface area contributed by atoms with E-state index < -0.39 is 15.5 Å². The average Bonchev–Trinajstić information content (AvgIpc) is 2.67. The zero-order chi connectivity index (χ0) is 19.6. The van der Waals surface area contributed by atoms with Gasteiger partial charge in [-0.15, -0.1) is 0 Å². The van der Waals surface area contributed by atoms with Crippen molar-refractivity contribution in [2.24, 2.45) is 4.99 Å². The van der Waals surface area contributed by atoms with Crippen molar-refractivity contribution in [2.75, 3.05) is 7.11 Å². The highest BCUT2D eigenvalue weighted by Gasteiger charge is 2.18. The van der Waals surface area contributed by atoms with E-state index in [2.05, 4.69) is 10.5 Å². The predicted octanol–water partition coefficient (Wildman–Crippen LogP) is 3.95. The molecule has 0 amide bonds. The molecule has 0 saturated heterocycles. The van der Waals surface area contributed by atoms with Gasteiger partial charge in [0, 0.05) is 18.5 Å². The van der Waals surface area contributed by atoms with Gasteiger partial charge in [-0.2, -0.15) is 0 Å². The Kier molecular flexibility index (Phi) is 6.91. The summed E-state index contributed by atoms with van der Waals surface area (Å²) in [5.41, 5.74) is 3.47. The van der Waals surface area contributed by atoms with Gasteiger partial charge in [0.15, 0.2) is 0 Å². The second kappa shape index (κ2) is 9.59. The van der Waals surface area contributed by atoms with Crippen LogP contribution in [-0.4, -0.2) is 23.2 Å². The lowest BCUT2D eigenvalue weighted by molar-refractivity contribution is -0.393. The summed E-state index contributed by atoms with van der Waals surface area (Å²) in [6, 6.07) is 12.7. The maximum atomic E-state index is 11.1. The van der Waals surface area contributed by atoms with Gasteiger partial charge in [-0.3, -0.25) is 30.5 Å². The van der Waals surface area contributed by atoms with E-state index in [4.69, 9.17) is 4.84 Å². The fourth-order valence-corrected chi connectivity index (χ4v) is 2.15. The van der Waals surface area contributed by atoms with Gasteiger partial charge < -0.3 is 0 Å². The molecule has 0 radical (unpaired) electrons. The molecule has 2 aromatic rings. The van der Waals surface area contributed by atoms with E-state index in [0.29, 0.717) is 0 Å². The monoisotopic (exact) mass is 368 g/mol. The Morgan fingerprint density at radius 2 is 1.85 bits per heavy atom. The number of non-ortho nitro benzene ring substituents is 1. The first-order chi connectivity index (χ1) is 13.0. The van der Waals surface area contributed by atoms with Gasteiger partial charge in [0.25, 0.3) is 5.69 Å². The Balaban J connectivity index is 2.36. The van der Waals surface area contributed by atoms with Gasteiger partial charge in [-0.25, -0.2) is 4.99 Å². The molecule has 138 valence electrons. The normalized spacial score (nSPS) is 11.8. The van der Waals surface area contributed by atoms with Crippen LogP contribution in [-0.2, 0) is 4.84 Å². The summed E-state index contributed by atoms with van der Waals surface area (Å²) < 4.78 is 0. The zero-order valence-electron chi connectivity index (χ0n) is 14.3. The van der Waals surface area contributed by atoms with Crippen molar-refractivity contribution >= 4 is 28.8 Å². The average molecular weight is 368 g/mol. The first kappa shape index (κ1) is 19.5. The van der Waals surface area contributed by atoms with Crippen molar-refractivity contribution in [1.82, 2.24) is 5.48 Å². The standard InChI is InChI=1S/C18H16N4O5/c1-27-20-12-10-15(14-5-3-2-4-6-14)9-11-19-17-8-7-16(21(23)24)13-18(17)22(25)26/h2-13,20H,1H3/b12-10-,15-9-,19-11?. The highest BCUT2D eigenvalue weighted by molar-refractivity contribution is 5.90. The Morgan fingerprint density at radius 3 is 2.48 bits per heavy atom. The van der Waals surface area contributed by atoms with Gasteiger partial charge in [-0.05, 0) is 29.4 Å². The predicted molar refractivity (Wildman–Crippen MR) is 102 cm³/mol. The largest absolute Gasteiger partial charge is 0.301 e. The molecule has 0 aliphatic heterocycles. The highest BCUT2D eigenvalue weighted by Crippen LogP contribution is 2.31. The van der Waals surface area contributed by atoms with E-state index in [9.17, 15) is 20.2 Å². The van der Waals surface area contributed by atoms with Gasteiger partial charge in [0.1, 0.15) is 5.69 Å². The fourth-order valence-electron chi connectivity index (χ4n) is 2.15. The van der Waals surface area contributed by atoms with E-state index in [0.717, 1.165) is 17.2 Å². The number of nitrogens with one attached hydrogen (secondary N) is 1. The van der Waals surface area contributed by atoms with Crippen molar-refractivity contribution in [1.29, 1.82) is 0 Å². The third-order valence-electron chi connectivity index (χ3n) is 3.39. The Hall–Kier alpha value is -3.85. The van der Waals surface area contributed by atoms with Crippen LogP contribution in [0.15, 0.2) is 71.9 Å². The molecular formula is C18H16N4O5. The SMILES string of the molecule is CON/C=C\C(=C\C=Nc1ccc([N+](=O)[O-])cc1[N+](=O)[O-])c1ccccc1. The van der Waals surface area contributed by atoms with E-state index in [1.165, 1.54) is 25.5 Å². The molecule has 2 aromatic carbocycles. The van der Waals surface area contributed by atoms with Crippen LogP contribution in [0.5, 0.6) is 0 Å². The number of allylic oxidation sites excluding steroid dienone is 3. The summed E-state index contributed by atoms with van der Waals surface area (Å²) in [4.78, 5) is 29.4. The summed E-state index contributed by atoms with van der Waals surface area (Å²) >= 11 is 0. The maximum absolute atomic E-state index is 11.1. The summed E-state index contributed by atoms with van der Waals surface area (Å²) in [7, 11) is 1.48. The van der Waals surface area contributed by atoms with Crippen LogP contribution >= 0.6 is 0 Å². The molecule has 0 atom stereocenters. The topological polar surface area (TPSA) is 120 Å². The van der Waals surface area contributed by atoms with Gasteiger partial charge in [0.05, 0.1) is 23.0 Å². The summed E-state index contributed by atoms with van der Waals surface area (Å²) in [5.74, 6) is 0. The lowest BCUT2D eigenvalue weighted by Gasteiger charge is -2.02. The third-order valence-corrected chi connectivity index (χ3v) is 3.39. The first-order valence-corrected chi connectivity index (χ1v) is 7.70. The Labute approximate surface area is 154 Å². The first-order valence-electron chi connectivity index (χ1n) is 7.70. The molecule has 2 rings (SSSR count). The summed E-state index contributed by atoms with van der Waals surface area (Å²) in [6.45, 7) is 0. The van der Waals surface area contributed by atoms with E-state index in [1.807, 2.05) is 30.3 Å². The van der Waals surface area contributed by atoms with Crippen LogP contribution < -0.4 is 5.48 Å². The quantitative estimate of drug-likeness (QED) is 0.326. The molecular weight excluding hydrogens is 352 g/mol. The molecule has 0 fully saturated rings. The number of nitro groups is 2. The minimum Gasteiger partial charge on any atom is -0.280 e. The van der Waals surface area contributed by atoms with E-state index >= 15 is 0 Å². The molecule has 0 spiro atoms. The summed E-state index contributed by atoms with van der Waals surface area (Å²) in [6.07, 6.45) is 6.39. The maximum Gasteiger partial charge on any atom is 0.301 e. The molecule has 0 aliphatic rings. The van der Waals surface area contributed by atoms with Crippen molar-refractivity contribution in [3.05, 3.63) is 92.7 Å². The number of rotatable bonds is 8. The fraction of sp³-hybridized carbons (Fsp3) is 0.0556. The number of hydrogen-bond donors (Lipinski definition) is 1. The number of hydroxylamine groups is 1. The van der Waals surface area contributed by atoms with Crippen molar-refractivity contribution in [3.8, 4) is 0 Å². The van der Waals surface area contributed by atoms with Crippen LogP contribution in [0.4, 0.5) is 17.1 Å². The molecule has 0 heterocycles. The Bertz CT molecular complexity index is 907. The highest BCUT2D eigenvalue weighted by atomic mass is 16.6. The van der Waals surface area contributed by atoms with Crippen LogP contribution in [0.3, 0.4) is 0 Å². The smallest absolute Gasteiger partial charge is 0.280 e. The molecule has 0 saturated carbocycles.